The minimum atomic E-state index is -0.478. The van der Waals surface area contributed by atoms with E-state index in [0.29, 0.717) is 18.1 Å². The van der Waals surface area contributed by atoms with Gasteiger partial charge in [0.15, 0.2) is 0 Å². The van der Waals surface area contributed by atoms with E-state index < -0.39 is 5.91 Å². The summed E-state index contributed by atoms with van der Waals surface area (Å²) in [6.45, 7) is 6.36. The van der Waals surface area contributed by atoms with Crippen molar-refractivity contribution in [1.82, 2.24) is 5.48 Å². The lowest BCUT2D eigenvalue weighted by molar-refractivity contribution is -0.128. The van der Waals surface area contributed by atoms with Gasteiger partial charge in [-0.05, 0) is 47.6 Å². The predicted molar refractivity (Wildman–Crippen MR) is 91.2 cm³/mol. The summed E-state index contributed by atoms with van der Waals surface area (Å²) in [5.41, 5.74) is 5.84. The first-order valence-electron chi connectivity index (χ1n) is 8.10. The molecule has 0 aromatic heterocycles. The number of fused-ring (bicyclic) bond motifs is 1. The molecular formula is C19H23NO4. The fraction of sp³-hybridized carbons (Fsp3) is 0.368. The summed E-state index contributed by atoms with van der Waals surface area (Å²) >= 11 is 0. The first-order chi connectivity index (χ1) is 11.5. The van der Waals surface area contributed by atoms with E-state index in [0.717, 1.165) is 28.7 Å². The number of carbonyl (C=O) groups excluding carboxylic acids is 2. The van der Waals surface area contributed by atoms with Gasteiger partial charge in [-0.2, -0.15) is 0 Å². The van der Waals surface area contributed by atoms with Crippen molar-refractivity contribution < 1.29 is 19.5 Å². The lowest BCUT2D eigenvalue weighted by Gasteiger charge is -2.04. The van der Waals surface area contributed by atoms with E-state index in [1.54, 1.807) is 18.5 Å². The molecule has 2 aliphatic rings. The zero-order valence-electron chi connectivity index (χ0n) is 14.3. The van der Waals surface area contributed by atoms with Gasteiger partial charge in [0.1, 0.15) is 0 Å². The van der Waals surface area contributed by atoms with Gasteiger partial charge in [0, 0.05) is 0 Å². The summed E-state index contributed by atoms with van der Waals surface area (Å²) in [7, 11) is 0. The molecule has 0 radical (unpaired) electrons. The van der Waals surface area contributed by atoms with Crippen molar-refractivity contribution in [2.75, 3.05) is 6.61 Å². The number of nitrogens with one attached hydrogen (secondary N) is 1. The normalized spacial score (nSPS) is 10.9. The van der Waals surface area contributed by atoms with E-state index in [4.69, 9.17) is 9.94 Å². The molecule has 0 bridgehead atoms. The summed E-state index contributed by atoms with van der Waals surface area (Å²) in [6, 6.07) is 9.31. The molecule has 0 heterocycles. The van der Waals surface area contributed by atoms with Gasteiger partial charge >= 0.3 is 5.97 Å². The van der Waals surface area contributed by atoms with Gasteiger partial charge in [-0.3, -0.25) is 10.0 Å². The van der Waals surface area contributed by atoms with Crippen molar-refractivity contribution in [1.29, 1.82) is 0 Å². The van der Waals surface area contributed by atoms with E-state index in [-0.39, 0.29) is 12.4 Å². The highest BCUT2D eigenvalue weighted by molar-refractivity contribution is 6.00. The largest absolute Gasteiger partial charge is 0.462 e. The lowest BCUT2D eigenvalue weighted by Crippen LogP contribution is -2.20. The van der Waals surface area contributed by atoms with Gasteiger partial charge in [0.2, 0.25) is 5.91 Å². The maximum absolute atomic E-state index is 12.2. The highest BCUT2D eigenvalue weighted by Gasteiger charge is 2.21. The van der Waals surface area contributed by atoms with E-state index in [1.165, 1.54) is 0 Å². The zero-order chi connectivity index (χ0) is 17.7. The topological polar surface area (TPSA) is 75.6 Å². The van der Waals surface area contributed by atoms with Crippen LogP contribution in [0.4, 0.5) is 0 Å². The first-order valence-corrected chi connectivity index (χ1v) is 8.10. The van der Waals surface area contributed by atoms with E-state index in [1.807, 2.05) is 24.3 Å². The van der Waals surface area contributed by atoms with Crippen LogP contribution in [0.2, 0.25) is 0 Å². The van der Waals surface area contributed by atoms with Crippen LogP contribution >= 0.6 is 0 Å². The number of hydrogen-bond donors (Lipinski definition) is 2. The second-order valence-electron chi connectivity index (χ2n) is 6.18. The summed E-state index contributed by atoms with van der Waals surface area (Å²) in [5.74, 6) is -0.358. The fourth-order valence-electron chi connectivity index (χ4n) is 2.79. The Hall–Kier alpha value is -2.40. The van der Waals surface area contributed by atoms with Crippen LogP contribution in [0.15, 0.2) is 30.3 Å². The number of ether oxygens (including phenoxy) is 1. The van der Waals surface area contributed by atoms with Crippen molar-refractivity contribution in [2.24, 2.45) is 5.92 Å². The molecular weight excluding hydrogens is 306 g/mol. The summed E-state index contributed by atoms with van der Waals surface area (Å²) < 4.78 is 5.16. The average Bonchev–Trinajstić information content (AvgIpc) is 2.72. The van der Waals surface area contributed by atoms with Crippen LogP contribution in [-0.4, -0.2) is 23.7 Å². The van der Waals surface area contributed by atoms with Crippen LogP contribution in [0.25, 0.3) is 11.1 Å². The van der Waals surface area contributed by atoms with Gasteiger partial charge in [0.25, 0.3) is 0 Å². The Morgan fingerprint density at radius 1 is 1.17 bits per heavy atom. The van der Waals surface area contributed by atoms with Crippen molar-refractivity contribution in [3.05, 3.63) is 47.0 Å². The molecule has 0 unspecified atom stereocenters. The molecule has 0 aromatic rings. The van der Waals surface area contributed by atoms with Crippen LogP contribution in [0.1, 0.15) is 42.3 Å². The number of hydroxylamine groups is 1. The summed E-state index contributed by atoms with van der Waals surface area (Å²) in [5, 5.41) is 8.67. The number of rotatable bonds is 6. The second kappa shape index (κ2) is 7.93. The quantitative estimate of drug-likeness (QED) is 0.485. The average molecular weight is 329 g/mol. The van der Waals surface area contributed by atoms with Crippen molar-refractivity contribution in [3.63, 3.8) is 0 Å². The molecule has 0 atom stereocenters. The molecule has 5 nitrogen and oxygen atoms in total. The zero-order valence-corrected chi connectivity index (χ0v) is 14.3. The maximum Gasteiger partial charge on any atom is 0.338 e. The van der Waals surface area contributed by atoms with E-state index in [2.05, 4.69) is 13.8 Å². The molecule has 0 aliphatic heterocycles. The Bertz CT molecular complexity index is 709. The minimum absolute atomic E-state index is 0.0715. The molecule has 128 valence electrons. The Morgan fingerprint density at radius 2 is 1.83 bits per heavy atom. The van der Waals surface area contributed by atoms with Gasteiger partial charge in [-0.15, -0.1) is 0 Å². The van der Waals surface area contributed by atoms with Crippen LogP contribution in [0, 0.1) is 5.92 Å². The number of amides is 1. The van der Waals surface area contributed by atoms with Crippen LogP contribution in [-0.2, 0) is 22.4 Å². The van der Waals surface area contributed by atoms with E-state index in [9.17, 15) is 9.59 Å². The standard InChI is InChI=1S/C19H23NO4/c1-4-24-19(22)17-11-14(9-12(2)3)15-7-5-13(6-8-16(15)17)10-18(21)20-23/h5-8,11-12,23H,4,9-10H2,1-3H3,(H,20,21). The Morgan fingerprint density at radius 3 is 2.42 bits per heavy atom. The molecule has 0 fully saturated rings. The molecule has 2 rings (SSSR count). The number of carbonyl (C=O) groups is 2. The van der Waals surface area contributed by atoms with Crippen molar-refractivity contribution >= 4 is 11.9 Å². The van der Waals surface area contributed by atoms with E-state index >= 15 is 0 Å². The number of esters is 1. The lowest BCUT2D eigenvalue weighted by atomic mass is 10.0. The molecule has 0 aromatic carbocycles. The fourth-order valence-corrected chi connectivity index (χ4v) is 2.79. The SMILES string of the molecule is CCOC(=O)c1cc(CC(C)C)c2ccc(CC(=O)NO)ccc1-2. The molecule has 2 N–H and O–H groups in total. The minimum Gasteiger partial charge on any atom is -0.462 e. The monoisotopic (exact) mass is 329 g/mol. The molecule has 5 heteroatoms. The molecule has 0 spiro atoms. The first kappa shape index (κ1) is 17.9. The van der Waals surface area contributed by atoms with Crippen molar-refractivity contribution in [2.45, 2.75) is 33.6 Å². The summed E-state index contributed by atoms with van der Waals surface area (Å²) in [4.78, 5) is 23.6. The highest BCUT2D eigenvalue weighted by atomic mass is 16.5. The Labute approximate surface area is 141 Å². The van der Waals surface area contributed by atoms with Gasteiger partial charge in [-0.25, -0.2) is 10.3 Å². The third-order valence-electron chi connectivity index (χ3n) is 3.79. The maximum atomic E-state index is 12.2. The van der Waals surface area contributed by atoms with Gasteiger partial charge in [-0.1, -0.05) is 38.1 Å². The van der Waals surface area contributed by atoms with Crippen molar-refractivity contribution in [3.8, 4) is 11.1 Å². The third-order valence-corrected chi connectivity index (χ3v) is 3.79. The predicted octanol–water partition coefficient (Wildman–Crippen LogP) is 3.21. The van der Waals surface area contributed by atoms with Gasteiger partial charge in [0.05, 0.1) is 18.6 Å². The molecule has 0 saturated heterocycles. The Kier molecular flexibility index (Phi) is 5.93. The molecule has 24 heavy (non-hydrogen) atoms. The molecule has 2 aliphatic carbocycles. The second-order valence-corrected chi connectivity index (χ2v) is 6.18. The highest BCUT2D eigenvalue weighted by Crippen LogP contribution is 2.34. The molecule has 0 saturated carbocycles. The van der Waals surface area contributed by atoms with Crippen LogP contribution < -0.4 is 5.48 Å². The van der Waals surface area contributed by atoms with Gasteiger partial charge < -0.3 is 4.74 Å². The number of hydrogen-bond acceptors (Lipinski definition) is 4. The van der Waals surface area contributed by atoms with Crippen LogP contribution in [0.3, 0.4) is 0 Å². The van der Waals surface area contributed by atoms with Crippen LogP contribution in [0.5, 0.6) is 0 Å². The molecule has 1 amide bonds. The third kappa shape index (κ3) is 4.11. The summed E-state index contributed by atoms with van der Waals surface area (Å²) in [6.07, 6.45) is 0.925. The Balaban J connectivity index is 2.50. The smallest absolute Gasteiger partial charge is 0.338 e.